The molecule has 0 aliphatic heterocycles. The van der Waals surface area contributed by atoms with E-state index in [4.69, 9.17) is 23.2 Å². The van der Waals surface area contributed by atoms with Gasteiger partial charge in [0, 0.05) is 19.7 Å². The molecule has 1 nitrogen and oxygen atoms in total. The Kier molecular flexibility index (Phi) is 6.80. The van der Waals surface area contributed by atoms with Crippen molar-refractivity contribution in [3.8, 4) is 0 Å². The van der Waals surface area contributed by atoms with Crippen LogP contribution >= 0.6 is 45.8 Å². The standard InChI is InChI=1S/C17H18Cl2IN/c1-2-10-21-17(12-6-3-4-9-16(12)20)11-13-14(18)7-5-8-15(13)19/h3-9,17,21H,2,10-11H2,1H3. The van der Waals surface area contributed by atoms with E-state index in [0.717, 1.165) is 35.0 Å². The van der Waals surface area contributed by atoms with Gasteiger partial charge in [-0.1, -0.05) is 54.4 Å². The van der Waals surface area contributed by atoms with Crippen molar-refractivity contribution in [2.75, 3.05) is 6.54 Å². The lowest BCUT2D eigenvalue weighted by molar-refractivity contribution is 0.527. The minimum atomic E-state index is 0.218. The first-order valence-corrected chi connectivity index (χ1v) is 8.87. The van der Waals surface area contributed by atoms with Gasteiger partial charge in [-0.05, 0) is 71.3 Å². The molecule has 0 aliphatic rings. The smallest absolute Gasteiger partial charge is 0.0453 e. The third-order valence-corrected chi connectivity index (χ3v) is 5.08. The summed E-state index contributed by atoms with van der Waals surface area (Å²) >= 11 is 15.0. The summed E-state index contributed by atoms with van der Waals surface area (Å²) < 4.78 is 1.26. The van der Waals surface area contributed by atoms with Crippen molar-refractivity contribution in [2.45, 2.75) is 25.8 Å². The zero-order valence-electron chi connectivity index (χ0n) is 11.9. The lowest BCUT2D eigenvalue weighted by Crippen LogP contribution is -2.25. The Hall–Kier alpha value is -0.290. The highest BCUT2D eigenvalue weighted by Gasteiger charge is 2.17. The normalized spacial score (nSPS) is 12.4. The average Bonchev–Trinajstić information content (AvgIpc) is 2.47. The van der Waals surface area contributed by atoms with E-state index in [0.29, 0.717) is 0 Å². The van der Waals surface area contributed by atoms with E-state index in [1.54, 1.807) is 0 Å². The Morgan fingerprint density at radius 1 is 1.05 bits per heavy atom. The number of halogens is 3. The summed E-state index contributed by atoms with van der Waals surface area (Å²) in [6.07, 6.45) is 1.88. The molecule has 4 heteroatoms. The predicted octanol–water partition coefficient (Wildman–Crippen LogP) is 5.88. The van der Waals surface area contributed by atoms with Crippen LogP contribution in [0.3, 0.4) is 0 Å². The first-order valence-electron chi connectivity index (χ1n) is 7.04. The molecule has 2 aromatic carbocycles. The Balaban J connectivity index is 2.31. The molecular formula is C17H18Cl2IN. The molecule has 0 fully saturated rings. The molecule has 21 heavy (non-hydrogen) atoms. The van der Waals surface area contributed by atoms with Gasteiger partial charge in [0.25, 0.3) is 0 Å². The van der Waals surface area contributed by atoms with Crippen LogP contribution in [0.15, 0.2) is 42.5 Å². The molecule has 0 saturated carbocycles. The second kappa shape index (κ2) is 8.37. The van der Waals surface area contributed by atoms with Crippen molar-refractivity contribution in [3.63, 3.8) is 0 Å². The lowest BCUT2D eigenvalue weighted by atomic mass is 9.98. The molecule has 0 aromatic heterocycles. The number of nitrogens with one attached hydrogen (secondary N) is 1. The van der Waals surface area contributed by atoms with Gasteiger partial charge in [-0.25, -0.2) is 0 Å². The highest BCUT2D eigenvalue weighted by molar-refractivity contribution is 14.1. The quantitative estimate of drug-likeness (QED) is 0.560. The van der Waals surface area contributed by atoms with Crippen molar-refractivity contribution in [2.24, 2.45) is 0 Å². The van der Waals surface area contributed by atoms with Gasteiger partial charge in [0.05, 0.1) is 0 Å². The van der Waals surface area contributed by atoms with Crippen molar-refractivity contribution in [1.29, 1.82) is 0 Å². The van der Waals surface area contributed by atoms with E-state index in [9.17, 15) is 0 Å². The van der Waals surface area contributed by atoms with Gasteiger partial charge >= 0.3 is 0 Å². The second-order valence-electron chi connectivity index (χ2n) is 4.93. The van der Waals surface area contributed by atoms with E-state index in [1.807, 2.05) is 18.2 Å². The highest BCUT2D eigenvalue weighted by atomic mass is 127. The van der Waals surface area contributed by atoms with E-state index < -0.39 is 0 Å². The fraction of sp³-hybridized carbons (Fsp3) is 0.294. The molecule has 1 unspecified atom stereocenters. The molecule has 2 rings (SSSR count). The van der Waals surface area contributed by atoms with Crippen LogP contribution in [0.5, 0.6) is 0 Å². The molecule has 0 heterocycles. The van der Waals surface area contributed by atoms with Crippen molar-refractivity contribution < 1.29 is 0 Å². The average molecular weight is 434 g/mol. The third-order valence-electron chi connectivity index (χ3n) is 3.39. The molecule has 1 atom stereocenters. The fourth-order valence-electron chi connectivity index (χ4n) is 2.30. The zero-order chi connectivity index (χ0) is 15.2. The van der Waals surface area contributed by atoms with Crippen molar-refractivity contribution in [3.05, 3.63) is 67.2 Å². The van der Waals surface area contributed by atoms with Gasteiger partial charge in [-0.2, -0.15) is 0 Å². The van der Waals surface area contributed by atoms with Crippen LogP contribution in [0.4, 0.5) is 0 Å². The summed E-state index contributed by atoms with van der Waals surface area (Å²) in [5.74, 6) is 0. The topological polar surface area (TPSA) is 12.0 Å². The van der Waals surface area contributed by atoms with Crippen LogP contribution < -0.4 is 5.32 Å². The summed E-state index contributed by atoms with van der Waals surface area (Å²) in [7, 11) is 0. The summed E-state index contributed by atoms with van der Waals surface area (Å²) in [6.45, 7) is 3.14. The SMILES string of the molecule is CCCNC(Cc1c(Cl)cccc1Cl)c1ccccc1I. The fourth-order valence-corrected chi connectivity index (χ4v) is 3.61. The number of hydrogen-bond acceptors (Lipinski definition) is 1. The summed E-state index contributed by atoms with van der Waals surface area (Å²) in [6, 6.07) is 14.3. The maximum atomic E-state index is 6.32. The Morgan fingerprint density at radius 3 is 2.33 bits per heavy atom. The van der Waals surface area contributed by atoms with Crippen LogP contribution in [0, 0.1) is 3.57 Å². The maximum absolute atomic E-state index is 6.32. The largest absolute Gasteiger partial charge is 0.310 e. The molecular weight excluding hydrogens is 416 g/mol. The van der Waals surface area contributed by atoms with Crippen LogP contribution in [0.1, 0.15) is 30.5 Å². The lowest BCUT2D eigenvalue weighted by Gasteiger charge is -2.21. The molecule has 0 aliphatic carbocycles. The monoisotopic (exact) mass is 433 g/mol. The van der Waals surface area contributed by atoms with Gasteiger partial charge in [0.2, 0.25) is 0 Å². The van der Waals surface area contributed by atoms with Crippen LogP contribution in [-0.2, 0) is 6.42 Å². The predicted molar refractivity (Wildman–Crippen MR) is 100 cm³/mol. The first kappa shape index (κ1) is 17.1. The molecule has 0 radical (unpaired) electrons. The minimum absolute atomic E-state index is 0.218. The Labute approximate surface area is 150 Å². The van der Waals surface area contributed by atoms with E-state index in [-0.39, 0.29) is 6.04 Å². The van der Waals surface area contributed by atoms with Crippen LogP contribution in [0.25, 0.3) is 0 Å². The van der Waals surface area contributed by atoms with Gasteiger partial charge in [-0.3, -0.25) is 0 Å². The van der Waals surface area contributed by atoms with Gasteiger partial charge in [0.1, 0.15) is 0 Å². The third kappa shape index (κ3) is 4.59. The molecule has 0 amide bonds. The summed E-state index contributed by atoms with van der Waals surface area (Å²) in [4.78, 5) is 0. The maximum Gasteiger partial charge on any atom is 0.0453 e. The molecule has 0 bridgehead atoms. The molecule has 1 N–H and O–H groups in total. The van der Waals surface area contributed by atoms with Gasteiger partial charge in [-0.15, -0.1) is 0 Å². The molecule has 112 valence electrons. The molecule has 2 aromatic rings. The summed E-state index contributed by atoms with van der Waals surface area (Å²) in [5.41, 5.74) is 2.30. The van der Waals surface area contributed by atoms with E-state index in [2.05, 4.69) is 59.1 Å². The Morgan fingerprint density at radius 2 is 1.71 bits per heavy atom. The minimum Gasteiger partial charge on any atom is -0.310 e. The van der Waals surface area contributed by atoms with Gasteiger partial charge < -0.3 is 5.32 Å². The Bertz CT molecular complexity index is 581. The zero-order valence-corrected chi connectivity index (χ0v) is 15.5. The van der Waals surface area contributed by atoms with E-state index >= 15 is 0 Å². The first-order chi connectivity index (χ1) is 10.1. The number of hydrogen-bond donors (Lipinski definition) is 1. The number of rotatable bonds is 6. The highest BCUT2D eigenvalue weighted by Crippen LogP contribution is 2.30. The number of benzene rings is 2. The molecule has 0 saturated heterocycles. The van der Waals surface area contributed by atoms with Gasteiger partial charge in [0.15, 0.2) is 0 Å². The van der Waals surface area contributed by atoms with Crippen LogP contribution in [0.2, 0.25) is 10.0 Å². The van der Waals surface area contributed by atoms with Crippen molar-refractivity contribution in [1.82, 2.24) is 5.32 Å². The second-order valence-corrected chi connectivity index (χ2v) is 6.91. The molecule has 0 spiro atoms. The van der Waals surface area contributed by atoms with Crippen LogP contribution in [-0.4, -0.2) is 6.54 Å². The van der Waals surface area contributed by atoms with E-state index in [1.165, 1.54) is 9.13 Å². The van der Waals surface area contributed by atoms with Crippen molar-refractivity contribution >= 4 is 45.8 Å². The summed E-state index contributed by atoms with van der Waals surface area (Å²) in [5, 5.41) is 5.07.